The highest BCUT2D eigenvalue weighted by atomic mass is 16.5. The molecule has 1 aromatic heterocycles. The van der Waals surface area contributed by atoms with Crippen molar-refractivity contribution in [3.63, 3.8) is 0 Å². The molecule has 0 saturated carbocycles. The minimum absolute atomic E-state index is 0.154. The van der Waals surface area contributed by atoms with E-state index in [4.69, 9.17) is 4.52 Å². The van der Waals surface area contributed by atoms with Crippen molar-refractivity contribution in [3.05, 3.63) is 46.7 Å². The first-order valence-corrected chi connectivity index (χ1v) is 7.45. The average molecular weight is 315 g/mol. The molecule has 0 spiro atoms. The summed E-state index contributed by atoms with van der Waals surface area (Å²) in [6.45, 7) is 7.85. The van der Waals surface area contributed by atoms with Gasteiger partial charge in [-0.25, -0.2) is 0 Å². The van der Waals surface area contributed by atoms with Crippen LogP contribution in [0, 0.1) is 20.8 Å². The molecule has 0 aliphatic heterocycles. The summed E-state index contributed by atoms with van der Waals surface area (Å²) in [5.41, 5.74) is 2.83. The van der Waals surface area contributed by atoms with E-state index in [2.05, 4.69) is 10.5 Å². The Bertz CT molecular complexity index is 722. The van der Waals surface area contributed by atoms with Gasteiger partial charge in [-0.1, -0.05) is 11.2 Å². The molecule has 23 heavy (non-hydrogen) atoms. The van der Waals surface area contributed by atoms with E-state index >= 15 is 0 Å². The lowest BCUT2D eigenvalue weighted by molar-refractivity contribution is -0.116. The Morgan fingerprint density at radius 2 is 1.91 bits per heavy atom. The molecule has 122 valence electrons. The van der Waals surface area contributed by atoms with E-state index < -0.39 is 0 Å². The van der Waals surface area contributed by atoms with Gasteiger partial charge in [0.1, 0.15) is 5.76 Å². The second kappa shape index (κ2) is 7.09. The molecule has 0 unspecified atom stereocenters. The molecule has 0 aliphatic rings. The number of carbonyl (C=O) groups excluding carboxylic acids is 2. The van der Waals surface area contributed by atoms with Crippen LogP contribution in [0.15, 0.2) is 28.8 Å². The highest BCUT2D eigenvalue weighted by molar-refractivity contribution is 5.94. The summed E-state index contributed by atoms with van der Waals surface area (Å²) in [5, 5.41) is 6.65. The molecule has 0 saturated heterocycles. The smallest absolute Gasteiger partial charge is 0.251 e. The molecule has 0 radical (unpaired) electrons. The van der Waals surface area contributed by atoms with Gasteiger partial charge in [-0.2, -0.15) is 0 Å². The predicted molar refractivity (Wildman–Crippen MR) is 87.5 cm³/mol. The number of aryl methyl sites for hydroxylation is 3. The first-order valence-electron chi connectivity index (χ1n) is 7.45. The molecular weight excluding hydrogens is 294 g/mol. The van der Waals surface area contributed by atoms with Crippen molar-refractivity contribution in [2.75, 3.05) is 18.0 Å². The van der Waals surface area contributed by atoms with Crippen molar-refractivity contribution in [2.45, 2.75) is 27.7 Å². The number of benzene rings is 1. The van der Waals surface area contributed by atoms with Gasteiger partial charge in [-0.3, -0.25) is 14.5 Å². The minimum atomic E-state index is -0.159. The van der Waals surface area contributed by atoms with Crippen LogP contribution >= 0.6 is 0 Å². The summed E-state index contributed by atoms with van der Waals surface area (Å²) < 4.78 is 4.99. The Balaban J connectivity index is 1.95. The topological polar surface area (TPSA) is 75.4 Å². The molecule has 2 aromatic rings. The monoisotopic (exact) mass is 315 g/mol. The molecule has 0 aliphatic carbocycles. The summed E-state index contributed by atoms with van der Waals surface area (Å²) >= 11 is 0. The van der Waals surface area contributed by atoms with Gasteiger partial charge in [0.15, 0.2) is 5.82 Å². The number of aromatic nitrogens is 1. The highest BCUT2D eigenvalue weighted by Crippen LogP contribution is 2.13. The molecule has 1 aromatic carbocycles. The largest absolute Gasteiger partial charge is 0.360 e. The van der Waals surface area contributed by atoms with Gasteiger partial charge in [-0.15, -0.1) is 0 Å². The first-order chi connectivity index (χ1) is 10.9. The zero-order chi connectivity index (χ0) is 17.0. The summed E-state index contributed by atoms with van der Waals surface area (Å²) in [4.78, 5) is 25.3. The predicted octanol–water partition coefficient (Wildman–Crippen LogP) is 2.38. The maximum Gasteiger partial charge on any atom is 0.251 e. The van der Waals surface area contributed by atoms with Gasteiger partial charge >= 0.3 is 0 Å². The number of hydrogen-bond donors (Lipinski definition) is 1. The van der Waals surface area contributed by atoms with Crippen molar-refractivity contribution < 1.29 is 14.1 Å². The number of nitrogens with zero attached hydrogens (tertiary/aromatic N) is 2. The van der Waals surface area contributed by atoms with Crippen LogP contribution in [-0.2, 0) is 4.79 Å². The van der Waals surface area contributed by atoms with Gasteiger partial charge in [-0.05, 0) is 44.0 Å². The summed E-state index contributed by atoms with van der Waals surface area (Å²) in [5.74, 6) is 0.771. The molecule has 2 rings (SSSR count). The summed E-state index contributed by atoms with van der Waals surface area (Å²) in [6.07, 6.45) is 0. The zero-order valence-corrected chi connectivity index (χ0v) is 13.8. The molecule has 0 atom stereocenters. The Hall–Kier alpha value is -2.63. The normalized spacial score (nSPS) is 10.4. The van der Waals surface area contributed by atoms with Crippen molar-refractivity contribution >= 4 is 17.6 Å². The van der Waals surface area contributed by atoms with E-state index in [9.17, 15) is 9.59 Å². The zero-order valence-electron chi connectivity index (χ0n) is 13.8. The van der Waals surface area contributed by atoms with Gasteiger partial charge < -0.3 is 9.84 Å². The Labute approximate surface area is 135 Å². The van der Waals surface area contributed by atoms with Gasteiger partial charge in [0.05, 0.1) is 0 Å². The van der Waals surface area contributed by atoms with Crippen molar-refractivity contribution in [3.8, 4) is 0 Å². The lowest BCUT2D eigenvalue weighted by Gasteiger charge is -2.17. The second-order valence-electron chi connectivity index (χ2n) is 5.52. The first kappa shape index (κ1) is 16.7. The number of hydrogen-bond acceptors (Lipinski definition) is 4. The third-order valence-electron chi connectivity index (χ3n) is 3.66. The summed E-state index contributed by atoms with van der Waals surface area (Å²) in [6, 6.07) is 7.26. The Morgan fingerprint density at radius 3 is 2.48 bits per heavy atom. The fraction of sp³-hybridized carbons (Fsp3) is 0.353. The Kier molecular flexibility index (Phi) is 5.16. The molecule has 2 amide bonds. The van der Waals surface area contributed by atoms with E-state index in [0.717, 1.165) is 11.1 Å². The molecule has 0 bridgehead atoms. The average Bonchev–Trinajstić information content (AvgIpc) is 2.92. The molecule has 1 heterocycles. The number of nitrogens with one attached hydrogen (secondary N) is 1. The van der Waals surface area contributed by atoms with E-state index in [1.165, 1.54) is 11.8 Å². The molecule has 6 heteroatoms. The molecule has 1 N–H and O–H groups in total. The molecule has 6 nitrogen and oxygen atoms in total. The van der Waals surface area contributed by atoms with Crippen molar-refractivity contribution in [1.29, 1.82) is 0 Å². The number of anilines is 1. The molecular formula is C17H21N3O3. The highest BCUT2D eigenvalue weighted by Gasteiger charge is 2.15. The second-order valence-corrected chi connectivity index (χ2v) is 5.52. The third-order valence-corrected chi connectivity index (χ3v) is 3.66. The lowest BCUT2D eigenvalue weighted by atomic mass is 10.1. The van der Waals surface area contributed by atoms with Crippen LogP contribution in [0.4, 0.5) is 5.82 Å². The maximum absolute atomic E-state index is 12.2. The SMILES string of the molecule is CC(=O)N(CCNC(=O)c1ccc(C)c(C)c1)c1cc(C)on1. The van der Waals surface area contributed by atoms with E-state index in [-0.39, 0.29) is 11.8 Å². The van der Waals surface area contributed by atoms with Crippen LogP contribution in [0.1, 0.15) is 34.2 Å². The Morgan fingerprint density at radius 1 is 1.17 bits per heavy atom. The standard InChI is InChI=1S/C17H21N3O3/c1-11-5-6-15(9-12(11)2)17(22)18-7-8-20(14(4)21)16-10-13(3)23-19-16/h5-6,9-10H,7-8H2,1-4H3,(H,18,22). The quantitative estimate of drug-likeness (QED) is 0.919. The fourth-order valence-corrected chi connectivity index (χ4v) is 2.18. The summed E-state index contributed by atoms with van der Waals surface area (Å²) in [7, 11) is 0. The van der Waals surface area contributed by atoms with Crippen LogP contribution in [0.5, 0.6) is 0 Å². The minimum Gasteiger partial charge on any atom is -0.360 e. The van der Waals surface area contributed by atoms with Crippen LogP contribution < -0.4 is 10.2 Å². The van der Waals surface area contributed by atoms with Crippen molar-refractivity contribution in [1.82, 2.24) is 10.5 Å². The lowest BCUT2D eigenvalue weighted by Crippen LogP contribution is -2.37. The third kappa shape index (κ3) is 4.18. The maximum atomic E-state index is 12.2. The van der Waals surface area contributed by atoms with E-state index in [1.807, 2.05) is 26.0 Å². The van der Waals surface area contributed by atoms with Gasteiger partial charge in [0, 0.05) is 31.6 Å². The van der Waals surface area contributed by atoms with Crippen LogP contribution in [-0.4, -0.2) is 30.1 Å². The van der Waals surface area contributed by atoms with Crippen LogP contribution in [0.2, 0.25) is 0 Å². The van der Waals surface area contributed by atoms with Crippen LogP contribution in [0.25, 0.3) is 0 Å². The fourth-order valence-electron chi connectivity index (χ4n) is 2.18. The van der Waals surface area contributed by atoms with Gasteiger partial charge in [0.25, 0.3) is 5.91 Å². The number of carbonyl (C=O) groups is 2. The van der Waals surface area contributed by atoms with E-state index in [0.29, 0.717) is 30.2 Å². The number of rotatable bonds is 5. The molecule has 0 fully saturated rings. The van der Waals surface area contributed by atoms with Crippen molar-refractivity contribution in [2.24, 2.45) is 0 Å². The van der Waals surface area contributed by atoms with E-state index in [1.54, 1.807) is 19.1 Å². The van der Waals surface area contributed by atoms with Gasteiger partial charge in [0.2, 0.25) is 5.91 Å². The number of amides is 2. The van der Waals surface area contributed by atoms with Crippen LogP contribution in [0.3, 0.4) is 0 Å².